The predicted molar refractivity (Wildman–Crippen MR) is 109 cm³/mol. The van der Waals surface area contributed by atoms with Crippen molar-refractivity contribution in [1.29, 1.82) is 0 Å². The van der Waals surface area contributed by atoms with Gasteiger partial charge in [-0.05, 0) is 24.1 Å². The number of amides is 1. The number of thiazole rings is 1. The molecule has 2 aromatic carbocycles. The second-order valence-corrected chi connectivity index (χ2v) is 7.01. The molecule has 0 radical (unpaired) electrons. The molecule has 3 rings (SSSR count). The summed E-state index contributed by atoms with van der Waals surface area (Å²) >= 11 is 1.52. The Bertz CT molecular complexity index is 922. The Morgan fingerprint density at radius 2 is 1.81 bits per heavy atom. The smallest absolute Gasteiger partial charge is 0.230 e. The van der Waals surface area contributed by atoms with E-state index in [0.29, 0.717) is 16.6 Å². The van der Waals surface area contributed by atoms with Gasteiger partial charge < -0.3 is 14.8 Å². The van der Waals surface area contributed by atoms with Gasteiger partial charge >= 0.3 is 0 Å². The number of aromatic nitrogens is 1. The van der Waals surface area contributed by atoms with Crippen molar-refractivity contribution in [2.75, 3.05) is 19.5 Å². The Labute approximate surface area is 163 Å². The summed E-state index contributed by atoms with van der Waals surface area (Å²) in [4.78, 5) is 18.3. The number of ether oxygens (including phenoxy) is 2. The number of anilines is 1. The SMILES string of the molecule is CCc1sc(NC(=O)Cc2ccc(OC)c(OC)c2)nc1-c1ccccc1. The van der Waals surface area contributed by atoms with Gasteiger partial charge in [-0.3, -0.25) is 4.79 Å². The lowest BCUT2D eigenvalue weighted by Gasteiger charge is -2.09. The maximum atomic E-state index is 12.5. The zero-order valence-corrected chi connectivity index (χ0v) is 16.4. The van der Waals surface area contributed by atoms with Crippen molar-refractivity contribution in [1.82, 2.24) is 4.98 Å². The number of nitrogens with zero attached hydrogens (tertiary/aromatic N) is 1. The molecule has 0 unspecified atom stereocenters. The summed E-state index contributed by atoms with van der Waals surface area (Å²) in [7, 11) is 3.16. The fourth-order valence-corrected chi connectivity index (χ4v) is 3.75. The predicted octanol–water partition coefficient (Wildman–Crippen LogP) is 4.57. The van der Waals surface area contributed by atoms with Crippen LogP contribution < -0.4 is 14.8 Å². The van der Waals surface area contributed by atoms with Crippen molar-refractivity contribution in [3.63, 3.8) is 0 Å². The van der Waals surface area contributed by atoms with E-state index in [1.807, 2.05) is 42.5 Å². The Morgan fingerprint density at radius 1 is 1.07 bits per heavy atom. The van der Waals surface area contributed by atoms with Crippen LogP contribution in [0.25, 0.3) is 11.3 Å². The molecule has 0 atom stereocenters. The summed E-state index contributed by atoms with van der Waals surface area (Å²) in [5.41, 5.74) is 2.84. The second-order valence-electron chi connectivity index (χ2n) is 5.92. The first-order chi connectivity index (χ1) is 13.1. The summed E-state index contributed by atoms with van der Waals surface area (Å²) < 4.78 is 10.5. The Morgan fingerprint density at radius 3 is 2.48 bits per heavy atom. The number of benzene rings is 2. The molecule has 0 aliphatic heterocycles. The number of aryl methyl sites for hydroxylation is 1. The standard InChI is InChI=1S/C21H22N2O3S/c1-4-18-20(15-8-6-5-7-9-15)23-21(27-18)22-19(24)13-14-10-11-16(25-2)17(12-14)26-3/h5-12H,4,13H2,1-3H3,(H,22,23,24). The Hall–Kier alpha value is -2.86. The molecule has 0 aliphatic carbocycles. The lowest BCUT2D eigenvalue weighted by atomic mass is 10.1. The molecule has 0 saturated heterocycles. The molecule has 0 saturated carbocycles. The normalized spacial score (nSPS) is 10.5. The Kier molecular flexibility index (Phi) is 6.08. The largest absolute Gasteiger partial charge is 0.493 e. The van der Waals surface area contributed by atoms with Gasteiger partial charge in [-0.15, -0.1) is 11.3 Å². The first kappa shape index (κ1) is 18.9. The molecule has 6 heteroatoms. The molecule has 5 nitrogen and oxygen atoms in total. The van der Waals surface area contributed by atoms with Crippen LogP contribution in [0.5, 0.6) is 11.5 Å². The van der Waals surface area contributed by atoms with E-state index in [2.05, 4.69) is 17.2 Å². The number of hydrogen-bond donors (Lipinski definition) is 1. The molecule has 1 amide bonds. The van der Waals surface area contributed by atoms with Crippen LogP contribution in [0.15, 0.2) is 48.5 Å². The minimum absolute atomic E-state index is 0.113. The number of carbonyl (C=O) groups excluding carboxylic acids is 1. The molecule has 0 fully saturated rings. The molecular formula is C21H22N2O3S. The van der Waals surface area contributed by atoms with E-state index in [1.54, 1.807) is 20.3 Å². The molecule has 0 bridgehead atoms. The topological polar surface area (TPSA) is 60.5 Å². The highest BCUT2D eigenvalue weighted by Crippen LogP contribution is 2.32. The van der Waals surface area contributed by atoms with Crippen molar-refractivity contribution in [3.8, 4) is 22.8 Å². The summed E-state index contributed by atoms with van der Waals surface area (Å²) in [6.07, 6.45) is 1.11. The van der Waals surface area contributed by atoms with E-state index in [1.165, 1.54) is 11.3 Å². The molecule has 1 N–H and O–H groups in total. The van der Waals surface area contributed by atoms with E-state index >= 15 is 0 Å². The van der Waals surface area contributed by atoms with Gasteiger partial charge in [-0.25, -0.2) is 4.98 Å². The van der Waals surface area contributed by atoms with Crippen molar-refractivity contribution in [3.05, 3.63) is 59.0 Å². The van der Waals surface area contributed by atoms with Crippen molar-refractivity contribution in [2.45, 2.75) is 19.8 Å². The number of nitrogens with one attached hydrogen (secondary N) is 1. The van der Waals surface area contributed by atoms with Gasteiger partial charge in [0.25, 0.3) is 0 Å². The number of hydrogen-bond acceptors (Lipinski definition) is 5. The molecule has 0 spiro atoms. The van der Waals surface area contributed by atoms with Crippen LogP contribution >= 0.6 is 11.3 Å². The van der Waals surface area contributed by atoms with Crippen molar-refractivity contribution < 1.29 is 14.3 Å². The maximum Gasteiger partial charge on any atom is 0.230 e. The lowest BCUT2D eigenvalue weighted by Crippen LogP contribution is -2.14. The highest BCUT2D eigenvalue weighted by atomic mass is 32.1. The second kappa shape index (κ2) is 8.68. The van der Waals surface area contributed by atoms with E-state index in [-0.39, 0.29) is 12.3 Å². The molecule has 0 aliphatic rings. The van der Waals surface area contributed by atoms with Crippen LogP contribution in [0.2, 0.25) is 0 Å². The average Bonchev–Trinajstić information content (AvgIpc) is 3.11. The summed E-state index contributed by atoms with van der Waals surface area (Å²) in [5, 5.41) is 3.54. The molecular weight excluding hydrogens is 360 g/mol. The first-order valence-corrected chi connectivity index (χ1v) is 9.52. The van der Waals surface area contributed by atoms with Gasteiger partial charge in [0.05, 0.1) is 26.3 Å². The Balaban J connectivity index is 1.74. The third kappa shape index (κ3) is 4.46. The molecule has 27 heavy (non-hydrogen) atoms. The monoisotopic (exact) mass is 382 g/mol. The van der Waals surface area contributed by atoms with Gasteiger partial charge in [0, 0.05) is 10.4 Å². The van der Waals surface area contributed by atoms with Gasteiger partial charge in [-0.2, -0.15) is 0 Å². The number of carbonyl (C=O) groups is 1. The van der Waals surface area contributed by atoms with Crippen LogP contribution in [-0.4, -0.2) is 25.1 Å². The minimum atomic E-state index is -0.113. The zero-order valence-electron chi connectivity index (χ0n) is 15.6. The lowest BCUT2D eigenvalue weighted by molar-refractivity contribution is -0.115. The van der Waals surface area contributed by atoms with Crippen molar-refractivity contribution >= 4 is 22.4 Å². The van der Waals surface area contributed by atoms with E-state index in [9.17, 15) is 4.79 Å². The van der Waals surface area contributed by atoms with Gasteiger partial charge in [-0.1, -0.05) is 43.3 Å². The van der Waals surface area contributed by atoms with E-state index < -0.39 is 0 Å². The fourth-order valence-electron chi connectivity index (χ4n) is 2.81. The fraction of sp³-hybridized carbons (Fsp3) is 0.238. The van der Waals surface area contributed by atoms with E-state index in [0.717, 1.165) is 28.1 Å². The quantitative estimate of drug-likeness (QED) is 0.650. The number of methoxy groups -OCH3 is 2. The third-order valence-electron chi connectivity index (χ3n) is 4.12. The van der Waals surface area contributed by atoms with Crippen LogP contribution in [0.3, 0.4) is 0 Å². The molecule has 1 aromatic heterocycles. The minimum Gasteiger partial charge on any atom is -0.493 e. The molecule has 1 heterocycles. The van der Waals surface area contributed by atoms with Crippen LogP contribution in [0.1, 0.15) is 17.4 Å². The third-order valence-corrected chi connectivity index (χ3v) is 5.24. The van der Waals surface area contributed by atoms with Gasteiger partial charge in [0.1, 0.15) is 0 Å². The molecule has 140 valence electrons. The van der Waals surface area contributed by atoms with E-state index in [4.69, 9.17) is 9.47 Å². The molecule has 3 aromatic rings. The summed E-state index contributed by atoms with van der Waals surface area (Å²) in [5.74, 6) is 1.14. The summed E-state index contributed by atoms with van der Waals surface area (Å²) in [6, 6.07) is 15.5. The first-order valence-electron chi connectivity index (χ1n) is 8.70. The highest BCUT2D eigenvalue weighted by Gasteiger charge is 2.14. The van der Waals surface area contributed by atoms with Crippen LogP contribution in [0.4, 0.5) is 5.13 Å². The number of rotatable bonds is 7. The van der Waals surface area contributed by atoms with Crippen LogP contribution in [-0.2, 0) is 17.6 Å². The van der Waals surface area contributed by atoms with Crippen LogP contribution in [0, 0.1) is 0 Å². The average molecular weight is 382 g/mol. The zero-order chi connectivity index (χ0) is 19.2. The summed E-state index contributed by atoms with van der Waals surface area (Å²) in [6.45, 7) is 2.09. The maximum absolute atomic E-state index is 12.5. The highest BCUT2D eigenvalue weighted by molar-refractivity contribution is 7.16. The van der Waals surface area contributed by atoms with Gasteiger partial charge in [0.15, 0.2) is 16.6 Å². The van der Waals surface area contributed by atoms with Crippen molar-refractivity contribution in [2.24, 2.45) is 0 Å². The van der Waals surface area contributed by atoms with Gasteiger partial charge in [0.2, 0.25) is 5.91 Å².